The molecule has 2 nitrogen and oxygen atoms in total. The highest BCUT2D eigenvalue weighted by atomic mass is 16.3. The van der Waals surface area contributed by atoms with Gasteiger partial charge in [0.05, 0.1) is 12.7 Å². The third kappa shape index (κ3) is 3.00. The minimum absolute atomic E-state index is 0.0401. The first kappa shape index (κ1) is 20.4. The lowest BCUT2D eigenvalue weighted by Gasteiger charge is -2.60. The molecule has 7 unspecified atom stereocenters. The number of rotatable bonds is 1. The molecular formula is C24H42O2. The standard InChI is InChI=1S/C22H36O2.C2H6/c1-14(13-23)18-6-7-19-17-5-4-15-12-16(24)8-10-21(15,2)20(17)9-11-22(18,19)3;1-2/h15-17,19-20,23-24H,4-13H2,1-3H3;1-2H3/b18-14+;. The predicted octanol–water partition coefficient (Wildman–Crippen LogP) is 5.73. The normalized spacial score (nSPS) is 49.3. The Labute approximate surface area is 161 Å². The summed E-state index contributed by atoms with van der Waals surface area (Å²) in [4.78, 5) is 0. The van der Waals surface area contributed by atoms with Crippen LogP contribution in [0.5, 0.6) is 0 Å². The Morgan fingerprint density at radius 1 is 1.00 bits per heavy atom. The lowest BCUT2D eigenvalue weighted by atomic mass is 9.45. The van der Waals surface area contributed by atoms with Gasteiger partial charge in [0.15, 0.2) is 0 Å². The molecule has 0 radical (unpaired) electrons. The van der Waals surface area contributed by atoms with Crippen LogP contribution in [0.25, 0.3) is 0 Å². The molecule has 2 heteroatoms. The SMILES string of the molecule is C/C(CO)=C1/CCC2C3CCC4CC(O)CCC4(C)C3CCC12C.CC. The first-order valence-corrected chi connectivity index (χ1v) is 11.4. The fourth-order valence-corrected chi connectivity index (χ4v) is 7.84. The van der Waals surface area contributed by atoms with Crippen LogP contribution in [0.15, 0.2) is 11.1 Å². The van der Waals surface area contributed by atoms with E-state index in [1.807, 2.05) is 13.8 Å². The summed E-state index contributed by atoms with van der Waals surface area (Å²) in [6, 6.07) is 0. The van der Waals surface area contributed by atoms with Crippen molar-refractivity contribution in [2.24, 2.45) is 34.5 Å². The maximum absolute atomic E-state index is 10.1. The van der Waals surface area contributed by atoms with Gasteiger partial charge < -0.3 is 10.2 Å². The van der Waals surface area contributed by atoms with E-state index in [1.54, 1.807) is 5.57 Å². The van der Waals surface area contributed by atoms with Crippen LogP contribution in [0.2, 0.25) is 0 Å². The second-order valence-electron chi connectivity index (χ2n) is 10.00. The largest absolute Gasteiger partial charge is 0.393 e. The summed E-state index contributed by atoms with van der Waals surface area (Å²) in [7, 11) is 0. The Balaban J connectivity index is 0.000000948. The third-order valence-corrected chi connectivity index (χ3v) is 9.17. The topological polar surface area (TPSA) is 40.5 Å². The van der Waals surface area contributed by atoms with Crippen LogP contribution < -0.4 is 0 Å². The van der Waals surface area contributed by atoms with Crippen LogP contribution >= 0.6 is 0 Å². The van der Waals surface area contributed by atoms with Gasteiger partial charge in [-0.05, 0) is 105 Å². The highest BCUT2D eigenvalue weighted by molar-refractivity contribution is 5.28. The lowest BCUT2D eigenvalue weighted by Crippen LogP contribution is -2.53. The predicted molar refractivity (Wildman–Crippen MR) is 109 cm³/mol. The van der Waals surface area contributed by atoms with Gasteiger partial charge in [0, 0.05) is 0 Å². The van der Waals surface area contributed by atoms with Crippen molar-refractivity contribution in [3.63, 3.8) is 0 Å². The number of allylic oxidation sites excluding steroid dienone is 1. The van der Waals surface area contributed by atoms with Crippen molar-refractivity contribution in [1.29, 1.82) is 0 Å². The summed E-state index contributed by atoms with van der Waals surface area (Å²) in [5.74, 6) is 3.33. The van der Waals surface area contributed by atoms with Crippen molar-refractivity contribution in [3.8, 4) is 0 Å². The molecule has 2 N–H and O–H groups in total. The highest BCUT2D eigenvalue weighted by Crippen LogP contribution is 2.67. The van der Waals surface area contributed by atoms with Crippen LogP contribution in [0, 0.1) is 34.5 Å². The van der Waals surface area contributed by atoms with E-state index in [9.17, 15) is 10.2 Å². The molecule has 0 bridgehead atoms. The molecule has 0 aromatic heterocycles. The molecular weight excluding hydrogens is 320 g/mol. The van der Waals surface area contributed by atoms with Gasteiger partial charge in [-0.2, -0.15) is 0 Å². The van der Waals surface area contributed by atoms with Gasteiger partial charge in [-0.15, -0.1) is 0 Å². The first-order valence-electron chi connectivity index (χ1n) is 11.4. The Hall–Kier alpha value is -0.340. The average molecular weight is 363 g/mol. The van der Waals surface area contributed by atoms with Gasteiger partial charge in [-0.25, -0.2) is 0 Å². The summed E-state index contributed by atoms with van der Waals surface area (Å²) in [6.45, 7) is 11.5. The number of hydrogen-bond acceptors (Lipinski definition) is 2. The Morgan fingerprint density at radius 2 is 1.73 bits per heavy atom. The Morgan fingerprint density at radius 3 is 2.42 bits per heavy atom. The summed E-state index contributed by atoms with van der Waals surface area (Å²) < 4.78 is 0. The molecule has 0 aromatic carbocycles. The van der Waals surface area contributed by atoms with Gasteiger partial charge in [0.1, 0.15) is 0 Å². The van der Waals surface area contributed by atoms with Crippen molar-refractivity contribution < 1.29 is 10.2 Å². The van der Waals surface area contributed by atoms with E-state index in [1.165, 1.54) is 50.5 Å². The van der Waals surface area contributed by atoms with Crippen LogP contribution in [-0.4, -0.2) is 22.9 Å². The van der Waals surface area contributed by atoms with E-state index in [4.69, 9.17) is 0 Å². The van der Waals surface area contributed by atoms with Crippen LogP contribution in [0.1, 0.15) is 92.4 Å². The molecule has 0 aliphatic heterocycles. The van der Waals surface area contributed by atoms with Crippen LogP contribution in [0.4, 0.5) is 0 Å². The molecule has 0 saturated heterocycles. The second kappa shape index (κ2) is 7.59. The summed E-state index contributed by atoms with van der Waals surface area (Å²) in [6.07, 6.45) is 11.2. The molecule has 4 aliphatic rings. The number of aliphatic hydroxyl groups excluding tert-OH is 2. The minimum Gasteiger partial charge on any atom is -0.393 e. The molecule has 7 atom stereocenters. The molecule has 0 heterocycles. The molecule has 0 amide bonds. The summed E-state index contributed by atoms with van der Waals surface area (Å²) in [5, 5.41) is 19.8. The highest BCUT2D eigenvalue weighted by Gasteiger charge is 2.59. The van der Waals surface area contributed by atoms with Crippen molar-refractivity contribution in [2.75, 3.05) is 6.61 Å². The second-order valence-corrected chi connectivity index (χ2v) is 10.00. The number of fused-ring (bicyclic) bond motifs is 5. The first-order chi connectivity index (χ1) is 12.4. The molecule has 4 aliphatic carbocycles. The van der Waals surface area contributed by atoms with Gasteiger partial charge in [-0.3, -0.25) is 0 Å². The van der Waals surface area contributed by atoms with E-state index in [-0.39, 0.29) is 12.7 Å². The van der Waals surface area contributed by atoms with E-state index in [0.29, 0.717) is 10.8 Å². The fraction of sp³-hybridized carbons (Fsp3) is 0.917. The van der Waals surface area contributed by atoms with E-state index >= 15 is 0 Å². The lowest BCUT2D eigenvalue weighted by molar-refractivity contribution is -0.116. The van der Waals surface area contributed by atoms with Crippen molar-refractivity contribution >= 4 is 0 Å². The van der Waals surface area contributed by atoms with Crippen LogP contribution in [-0.2, 0) is 0 Å². The fourth-order valence-electron chi connectivity index (χ4n) is 7.84. The minimum atomic E-state index is -0.0401. The number of aliphatic hydroxyl groups is 2. The van der Waals surface area contributed by atoms with Crippen molar-refractivity contribution in [1.82, 2.24) is 0 Å². The van der Waals surface area contributed by atoms with Crippen molar-refractivity contribution in [2.45, 2.75) is 98.5 Å². The summed E-state index contributed by atoms with van der Waals surface area (Å²) >= 11 is 0. The average Bonchev–Trinajstić information content (AvgIpc) is 3.00. The molecule has 4 rings (SSSR count). The zero-order valence-corrected chi connectivity index (χ0v) is 17.9. The maximum atomic E-state index is 10.1. The molecule has 150 valence electrons. The summed E-state index contributed by atoms with van der Waals surface area (Å²) in [5.41, 5.74) is 3.67. The monoisotopic (exact) mass is 362 g/mol. The molecule has 0 spiro atoms. The quantitative estimate of drug-likeness (QED) is 0.585. The van der Waals surface area contributed by atoms with Gasteiger partial charge >= 0.3 is 0 Å². The molecule has 4 saturated carbocycles. The zero-order chi connectivity index (χ0) is 19.1. The van der Waals surface area contributed by atoms with Gasteiger partial charge in [0.2, 0.25) is 0 Å². The van der Waals surface area contributed by atoms with Gasteiger partial charge in [0.25, 0.3) is 0 Å². The third-order valence-electron chi connectivity index (χ3n) is 9.17. The Kier molecular flexibility index (Phi) is 5.95. The maximum Gasteiger partial charge on any atom is 0.0641 e. The molecule has 26 heavy (non-hydrogen) atoms. The smallest absolute Gasteiger partial charge is 0.0641 e. The number of hydrogen-bond donors (Lipinski definition) is 2. The van der Waals surface area contributed by atoms with E-state index in [0.717, 1.165) is 36.5 Å². The Bertz CT molecular complexity index is 538. The van der Waals surface area contributed by atoms with E-state index < -0.39 is 0 Å². The zero-order valence-electron chi connectivity index (χ0n) is 17.9. The van der Waals surface area contributed by atoms with Crippen molar-refractivity contribution in [3.05, 3.63) is 11.1 Å². The van der Waals surface area contributed by atoms with Gasteiger partial charge in [-0.1, -0.05) is 33.3 Å². The van der Waals surface area contributed by atoms with E-state index in [2.05, 4.69) is 20.8 Å². The molecule has 4 fully saturated rings. The van der Waals surface area contributed by atoms with Crippen LogP contribution in [0.3, 0.4) is 0 Å². The molecule has 0 aromatic rings.